The summed E-state index contributed by atoms with van der Waals surface area (Å²) in [6.45, 7) is 1.95. The summed E-state index contributed by atoms with van der Waals surface area (Å²) in [6.07, 6.45) is 6.84. The number of aromatic nitrogens is 4. The van der Waals surface area contributed by atoms with Gasteiger partial charge in [0.1, 0.15) is 17.9 Å². The number of anilines is 1. The highest BCUT2D eigenvalue weighted by Crippen LogP contribution is 2.37. The molecule has 0 aliphatic heterocycles. The zero-order valence-corrected chi connectivity index (χ0v) is 11.3. The van der Waals surface area contributed by atoms with Gasteiger partial charge in [0.25, 0.3) is 0 Å². The number of carbonyl (C=O) groups is 1. The van der Waals surface area contributed by atoms with Gasteiger partial charge in [0, 0.05) is 6.04 Å². The molecule has 1 saturated carbocycles. The van der Waals surface area contributed by atoms with E-state index in [9.17, 15) is 9.90 Å². The first-order valence-corrected chi connectivity index (χ1v) is 6.87. The number of hydrogen-bond donors (Lipinski definition) is 2. The van der Waals surface area contributed by atoms with Crippen LogP contribution in [0.4, 0.5) is 5.82 Å². The highest BCUT2D eigenvalue weighted by Gasteiger charge is 2.27. The molecule has 0 amide bonds. The van der Waals surface area contributed by atoms with Gasteiger partial charge in [-0.3, -0.25) is 0 Å². The van der Waals surface area contributed by atoms with Crippen molar-refractivity contribution < 1.29 is 9.90 Å². The van der Waals surface area contributed by atoms with E-state index in [-0.39, 0.29) is 0 Å². The van der Waals surface area contributed by atoms with E-state index in [1.807, 2.05) is 11.5 Å². The van der Waals surface area contributed by atoms with Gasteiger partial charge in [-0.25, -0.2) is 19.7 Å². The number of hydrogen-bond acceptors (Lipinski definition) is 5. The lowest BCUT2D eigenvalue weighted by Crippen LogP contribution is -2.29. The molecule has 3 rings (SSSR count). The normalized spacial score (nSPS) is 16.2. The Kier molecular flexibility index (Phi) is 3.25. The van der Waals surface area contributed by atoms with Gasteiger partial charge >= 0.3 is 5.97 Å². The smallest absolute Gasteiger partial charge is 0.326 e. The molecule has 0 radical (unpaired) electrons. The number of carboxylic acid groups (broad SMARTS) is 1. The van der Waals surface area contributed by atoms with Crippen LogP contribution in [0.15, 0.2) is 12.7 Å². The van der Waals surface area contributed by atoms with E-state index in [0.717, 1.165) is 24.9 Å². The predicted octanol–water partition coefficient (Wildman–Crippen LogP) is 1.83. The largest absolute Gasteiger partial charge is 0.480 e. The van der Waals surface area contributed by atoms with Crippen molar-refractivity contribution in [1.82, 2.24) is 19.5 Å². The topological polar surface area (TPSA) is 92.9 Å². The zero-order chi connectivity index (χ0) is 14.1. The fraction of sp³-hybridized carbons (Fsp3) is 0.538. The van der Waals surface area contributed by atoms with Crippen LogP contribution >= 0.6 is 0 Å². The van der Waals surface area contributed by atoms with Crippen molar-refractivity contribution in [3.05, 3.63) is 12.7 Å². The summed E-state index contributed by atoms with van der Waals surface area (Å²) in [5.41, 5.74) is 1.41. The van der Waals surface area contributed by atoms with Crippen molar-refractivity contribution in [3.63, 3.8) is 0 Å². The number of rotatable bonds is 6. The highest BCUT2D eigenvalue weighted by molar-refractivity contribution is 5.86. The van der Waals surface area contributed by atoms with E-state index in [2.05, 4.69) is 20.3 Å². The van der Waals surface area contributed by atoms with Gasteiger partial charge in [-0.1, -0.05) is 13.3 Å². The molecule has 0 bridgehead atoms. The summed E-state index contributed by atoms with van der Waals surface area (Å²) < 4.78 is 2.04. The minimum absolute atomic E-state index is 0.480. The Morgan fingerprint density at radius 1 is 1.50 bits per heavy atom. The van der Waals surface area contributed by atoms with Crippen LogP contribution in [0.3, 0.4) is 0 Å². The van der Waals surface area contributed by atoms with Crippen molar-refractivity contribution in [2.24, 2.45) is 0 Å². The molecule has 1 atom stereocenters. The van der Waals surface area contributed by atoms with E-state index in [1.54, 1.807) is 6.33 Å². The van der Waals surface area contributed by atoms with Crippen molar-refractivity contribution >= 4 is 23.0 Å². The summed E-state index contributed by atoms with van der Waals surface area (Å²) in [5, 5.41) is 12.2. The molecule has 0 spiro atoms. The Morgan fingerprint density at radius 3 is 2.95 bits per heavy atom. The Hall–Kier alpha value is -2.18. The maximum atomic E-state index is 11.2. The summed E-state index contributed by atoms with van der Waals surface area (Å²) in [5.74, 6) is -0.379. The van der Waals surface area contributed by atoms with Gasteiger partial charge in [0.2, 0.25) is 0 Å². The van der Waals surface area contributed by atoms with Crippen molar-refractivity contribution in [2.45, 2.75) is 44.7 Å². The number of fused-ring (bicyclic) bond motifs is 1. The minimum Gasteiger partial charge on any atom is -0.480 e. The van der Waals surface area contributed by atoms with Crippen LogP contribution < -0.4 is 5.32 Å². The third kappa shape index (κ3) is 2.31. The first-order valence-electron chi connectivity index (χ1n) is 6.87. The molecule has 1 fully saturated rings. The van der Waals surface area contributed by atoms with E-state index >= 15 is 0 Å². The van der Waals surface area contributed by atoms with E-state index in [0.29, 0.717) is 23.8 Å². The molecular formula is C13H17N5O2. The van der Waals surface area contributed by atoms with Crippen LogP contribution in [-0.2, 0) is 4.79 Å². The van der Waals surface area contributed by atoms with Crippen LogP contribution in [0.2, 0.25) is 0 Å². The lowest BCUT2D eigenvalue weighted by Gasteiger charge is -2.14. The molecule has 7 heteroatoms. The molecule has 106 valence electrons. The Bertz CT molecular complexity index is 635. The van der Waals surface area contributed by atoms with Crippen LogP contribution in [0, 0.1) is 0 Å². The van der Waals surface area contributed by atoms with Crippen molar-refractivity contribution in [2.75, 3.05) is 5.32 Å². The molecule has 2 N–H and O–H groups in total. The molecule has 2 aromatic heterocycles. The summed E-state index contributed by atoms with van der Waals surface area (Å²) >= 11 is 0. The quantitative estimate of drug-likeness (QED) is 0.835. The molecule has 1 aliphatic rings. The number of nitrogens with zero attached hydrogens (tertiary/aromatic N) is 4. The first-order chi connectivity index (χ1) is 9.70. The average molecular weight is 275 g/mol. The van der Waals surface area contributed by atoms with Crippen molar-refractivity contribution in [1.29, 1.82) is 0 Å². The number of carboxylic acids is 1. The standard InChI is InChI=1S/C13H17N5O2/c1-2-3-9(13(19)20)17-11-10-12(15-6-14-11)18(7-16-10)8-4-5-8/h6-9H,2-5H2,1H3,(H,19,20)(H,14,15,17). The Morgan fingerprint density at radius 2 is 2.30 bits per heavy atom. The zero-order valence-electron chi connectivity index (χ0n) is 11.3. The predicted molar refractivity (Wildman–Crippen MR) is 73.5 cm³/mol. The maximum Gasteiger partial charge on any atom is 0.326 e. The molecule has 2 heterocycles. The second kappa shape index (κ2) is 5.07. The number of aliphatic carboxylic acids is 1. The van der Waals surface area contributed by atoms with Crippen LogP contribution in [-0.4, -0.2) is 36.6 Å². The van der Waals surface area contributed by atoms with Gasteiger partial charge < -0.3 is 15.0 Å². The third-order valence-corrected chi connectivity index (χ3v) is 3.49. The molecule has 7 nitrogen and oxygen atoms in total. The second-order valence-electron chi connectivity index (χ2n) is 5.10. The molecule has 1 aliphatic carbocycles. The van der Waals surface area contributed by atoms with Crippen LogP contribution in [0.5, 0.6) is 0 Å². The summed E-state index contributed by atoms with van der Waals surface area (Å²) in [6, 6.07) is -0.169. The Balaban J connectivity index is 1.92. The monoisotopic (exact) mass is 275 g/mol. The van der Waals surface area contributed by atoms with Crippen LogP contribution in [0.1, 0.15) is 38.6 Å². The number of imidazole rings is 1. The molecule has 20 heavy (non-hydrogen) atoms. The van der Waals surface area contributed by atoms with Gasteiger partial charge in [-0.15, -0.1) is 0 Å². The first kappa shape index (κ1) is 12.8. The van der Waals surface area contributed by atoms with Gasteiger partial charge in [-0.2, -0.15) is 0 Å². The van der Waals surface area contributed by atoms with Gasteiger partial charge in [0.05, 0.1) is 6.33 Å². The lowest BCUT2D eigenvalue weighted by atomic mass is 10.1. The molecule has 0 aromatic carbocycles. The average Bonchev–Trinajstić information content (AvgIpc) is 3.18. The number of nitrogens with one attached hydrogen (secondary N) is 1. The fourth-order valence-corrected chi connectivity index (χ4v) is 2.29. The van der Waals surface area contributed by atoms with Crippen LogP contribution in [0.25, 0.3) is 11.2 Å². The van der Waals surface area contributed by atoms with E-state index < -0.39 is 12.0 Å². The highest BCUT2D eigenvalue weighted by atomic mass is 16.4. The molecule has 2 aromatic rings. The lowest BCUT2D eigenvalue weighted by molar-refractivity contribution is -0.138. The minimum atomic E-state index is -0.875. The van der Waals surface area contributed by atoms with Crippen molar-refractivity contribution in [3.8, 4) is 0 Å². The molecule has 1 unspecified atom stereocenters. The van der Waals surface area contributed by atoms with E-state index in [4.69, 9.17) is 0 Å². The third-order valence-electron chi connectivity index (χ3n) is 3.49. The molecular weight excluding hydrogens is 258 g/mol. The van der Waals surface area contributed by atoms with Gasteiger partial charge in [-0.05, 0) is 19.3 Å². The summed E-state index contributed by atoms with van der Waals surface area (Å²) in [4.78, 5) is 24.0. The molecule has 0 saturated heterocycles. The maximum absolute atomic E-state index is 11.2. The second-order valence-corrected chi connectivity index (χ2v) is 5.10. The fourth-order valence-electron chi connectivity index (χ4n) is 2.29. The summed E-state index contributed by atoms with van der Waals surface area (Å²) in [7, 11) is 0. The SMILES string of the molecule is CCCC(Nc1ncnc2c1ncn2C1CC1)C(=O)O. The van der Waals surface area contributed by atoms with E-state index in [1.165, 1.54) is 6.33 Å². The Labute approximate surface area is 116 Å². The van der Waals surface area contributed by atoms with Gasteiger partial charge in [0.15, 0.2) is 11.5 Å².